The summed E-state index contributed by atoms with van der Waals surface area (Å²) in [5.74, 6) is -3.70. The number of nitrogens with zero attached hydrogens (tertiary/aromatic N) is 2. The van der Waals surface area contributed by atoms with Gasteiger partial charge in [-0.25, -0.2) is 8.78 Å². The molecular formula is C18H10F4N4O. The van der Waals surface area contributed by atoms with Crippen LogP contribution in [0.3, 0.4) is 0 Å². The summed E-state index contributed by atoms with van der Waals surface area (Å²) in [4.78, 5) is 7.12. The van der Waals surface area contributed by atoms with Crippen molar-refractivity contribution in [1.29, 1.82) is 0 Å². The molecule has 136 valence electrons. The molecule has 27 heavy (non-hydrogen) atoms. The van der Waals surface area contributed by atoms with Gasteiger partial charge in [0, 0.05) is 35.0 Å². The number of aromatic nitrogens is 2. The van der Waals surface area contributed by atoms with E-state index in [1.54, 1.807) is 0 Å². The Bertz CT molecular complexity index is 1190. The lowest BCUT2D eigenvalue weighted by Crippen LogP contribution is -1.95. The van der Waals surface area contributed by atoms with Gasteiger partial charge >= 0.3 is 0 Å². The van der Waals surface area contributed by atoms with Crippen LogP contribution in [0.2, 0.25) is 0 Å². The van der Waals surface area contributed by atoms with Crippen LogP contribution in [0.25, 0.3) is 33.4 Å². The first kappa shape index (κ1) is 16.8. The Hall–Kier alpha value is -3.62. The van der Waals surface area contributed by atoms with E-state index in [-0.39, 0.29) is 44.9 Å². The quantitative estimate of drug-likeness (QED) is 0.404. The first-order valence-electron chi connectivity index (χ1n) is 7.60. The third-order valence-electron chi connectivity index (χ3n) is 4.04. The van der Waals surface area contributed by atoms with Crippen molar-refractivity contribution >= 4 is 22.5 Å². The van der Waals surface area contributed by atoms with Crippen LogP contribution in [-0.2, 0) is 0 Å². The zero-order chi connectivity index (χ0) is 19.3. The molecule has 1 aromatic carbocycles. The van der Waals surface area contributed by atoms with Gasteiger partial charge in [0.05, 0.1) is 5.39 Å². The molecule has 0 amide bonds. The lowest BCUT2D eigenvalue weighted by atomic mass is 10.00. The van der Waals surface area contributed by atoms with E-state index in [0.29, 0.717) is 0 Å². The molecule has 0 saturated heterocycles. The maximum absolute atomic E-state index is 14.2. The Balaban J connectivity index is 2.06. The fraction of sp³-hybridized carbons (Fsp3) is 0. The number of fused-ring (bicyclic) bond motifs is 1. The van der Waals surface area contributed by atoms with Crippen LogP contribution >= 0.6 is 0 Å². The number of nitrogens with two attached hydrogens (primary N) is 2. The van der Waals surface area contributed by atoms with E-state index in [9.17, 15) is 17.6 Å². The zero-order valence-corrected chi connectivity index (χ0v) is 13.4. The van der Waals surface area contributed by atoms with Crippen molar-refractivity contribution in [3.8, 4) is 22.4 Å². The number of nitrogen functional groups attached to an aromatic ring is 2. The topological polar surface area (TPSA) is 91.0 Å². The van der Waals surface area contributed by atoms with Gasteiger partial charge in [0.15, 0.2) is 5.58 Å². The molecule has 3 heterocycles. The van der Waals surface area contributed by atoms with Gasteiger partial charge in [-0.05, 0) is 18.2 Å². The van der Waals surface area contributed by atoms with E-state index in [1.165, 1.54) is 6.20 Å². The monoisotopic (exact) mass is 374 g/mol. The van der Waals surface area contributed by atoms with Crippen molar-refractivity contribution in [3.63, 3.8) is 0 Å². The van der Waals surface area contributed by atoms with Gasteiger partial charge in [-0.1, -0.05) is 0 Å². The molecule has 3 aromatic heterocycles. The molecule has 0 unspecified atom stereocenters. The van der Waals surface area contributed by atoms with Crippen LogP contribution in [0.1, 0.15) is 0 Å². The molecule has 0 bridgehead atoms. The van der Waals surface area contributed by atoms with E-state index < -0.39 is 23.5 Å². The van der Waals surface area contributed by atoms with Crippen LogP contribution in [-0.4, -0.2) is 9.97 Å². The largest absolute Gasteiger partial charge is 0.436 e. The van der Waals surface area contributed by atoms with Crippen molar-refractivity contribution < 1.29 is 22.0 Å². The normalized spacial score (nSPS) is 11.3. The van der Waals surface area contributed by atoms with Gasteiger partial charge in [0.2, 0.25) is 17.8 Å². The second kappa shape index (κ2) is 5.97. The Morgan fingerprint density at radius 3 is 2.30 bits per heavy atom. The van der Waals surface area contributed by atoms with Crippen LogP contribution in [0.4, 0.5) is 29.1 Å². The summed E-state index contributed by atoms with van der Waals surface area (Å²) in [5, 5.41) is 0.152. The molecule has 0 spiro atoms. The van der Waals surface area contributed by atoms with Gasteiger partial charge in [0.25, 0.3) is 0 Å². The lowest BCUT2D eigenvalue weighted by molar-refractivity contribution is 0.513. The Morgan fingerprint density at radius 1 is 0.889 bits per heavy atom. The molecular weight excluding hydrogens is 364 g/mol. The molecule has 0 aliphatic heterocycles. The van der Waals surface area contributed by atoms with E-state index >= 15 is 0 Å². The molecule has 5 nitrogen and oxygen atoms in total. The Kier molecular flexibility index (Phi) is 3.72. The minimum atomic E-state index is -1.06. The first-order chi connectivity index (χ1) is 12.8. The minimum Gasteiger partial charge on any atom is -0.436 e. The lowest BCUT2D eigenvalue weighted by Gasteiger charge is -2.08. The average molecular weight is 374 g/mol. The maximum Gasteiger partial charge on any atom is 0.216 e. The highest BCUT2D eigenvalue weighted by atomic mass is 19.1. The third kappa shape index (κ3) is 2.73. The van der Waals surface area contributed by atoms with Crippen LogP contribution in [0.5, 0.6) is 0 Å². The standard InChI is InChI=1S/C18H10F4N4O/c19-8-1-2-11(20)9(5-8)10-6-25-16(7-3-12(21)26-13(22)4-7)17-14(10)15(23)18(24)27-17/h1-6H,23-24H2. The average Bonchev–Trinajstić information content (AvgIpc) is 2.91. The number of hydrogen-bond donors (Lipinski definition) is 2. The zero-order valence-electron chi connectivity index (χ0n) is 13.4. The Morgan fingerprint density at radius 2 is 1.59 bits per heavy atom. The Labute approximate surface area is 149 Å². The van der Waals surface area contributed by atoms with Crippen molar-refractivity contribution in [2.45, 2.75) is 0 Å². The second-order valence-electron chi connectivity index (χ2n) is 5.73. The number of benzene rings is 1. The van der Waals surface area contributed by atoms with Gasteiger partial charge in [-0.2, -0.15) is 13.8 Å². The predicted molar refractivity (Wildman–Crippen MR) is 91.3 cm³/mol. The number of furan rings is 1. The summed E-state index contributed by atoms with van der Waals surface area (Å²) in [6, 6.07) is 4.79. The number of rotatable bonds is 2. The molecule has 4 rings (SSSR count). The number of pyridine rings is 2. The van der Waals surface area contributed by atoms with Crippen molar-refractivity contribution in [1.82, 2.24) is 9.97 Å². The summed E-state index contributed by atoms with van der Waals surface area (Å²) in [7, 11) is 0. The van der Waals surface area contributed by atoms with Gasteiger partial charge in [-0.3, -0.25) is 4.98 Å². The highest BCUT2D eigenvalue weighted by molar-refractivity contribution is 6.09. The molecule has 0 atom stereocenters. The highest BCUT2D eigenvalue weighted by Gasteiger charge is 2.22. The van der Waals surface area contributed by atoms with Gasteiger partial charge < -0.3 is 15.9 Å². The fourth-order valence-corrected chi connectivity index (χ4v) is 2.86. The number of hydrogen-bond acceptors (Lipinski definition) is 5. The van der Waals surface area contributed by atoms with E-state index in [2.05, 4.69) is 9.97 Å². The molecule has 0 fully saturated rings. The highest BCUT2D eigenvalue weighted by Crippen LogP contribution is 2.42. The molecule has 0 saturated carbocycles. The van der Waals surface area contributed by atoms with Crippen molar-refractivity contribution in [3.05, 3.63) is 60.1 Å². The molecule has 0 radical (unpaired) electrons. The van der Waals surface area contributed by atoms with Crippen LogP contribution in [0, 0.1) is 23.5 Å². The SMILES string of the molecule is Nc1oc2c(-c3cc(F)nc(F)c3)ncc(-c3cc(F)ccc3F)c2c1N. The van der Waals surface area contributed by atoms with Crippen LogP contribution < -0.4 is 11.5 Å². The summed E-state index contributed by atoms with van der Waals surface area (Å²) in [6.45, 7) is 0. The molecule has 0 aliphatic rings. The third-order valence-corrected chi connectivity index (χ3v) is 4.04. The van der Waals surface area contributed by atoms with E-state index in [1.807, 2.05) is 0 Å². The van der Waals surface area contributed by atoms with Crippen molar-refractivity contribution in [2.75, 3.05) is 11.5 Å². The summed E-state index contributed by atoms with van der Waals surface area (Å²) < 4.78 is 60.2. The predicted octanol–water partition coefficient (Wildman–Crippen LogP) is 4.28. The summed E-state index contributed by atoms with van der Waals surface area (Å²) in [5.41, 5.74) is 11.7. The summed E-state index contributed by atoms with van der Waals surface area (Å²) in [6.07, 6.45) is 1.21. The van der Waals surface area contributed by atoms with E-state index in [0.717, 1.165) is 30.3 Å². The number of anilines is 2. The minimum absolute atomic E-state index is 0.0174. The molecule has 4 aromatic rings. The fourth-order valence-electron chi connectivity index (χ4n) is 2.86. The molecule has 9 heteroatoms. The van der Waals surface area contributed by atoms with Crippen molar-refractivity contribution in [2.24, 2.45) is 0 Å². The van der Waals surface area contributed by atoms with E-state index in [4.69, 9.17) is 15.9 Å². The van der Waals surface area contributed by atoms with Gasteiger partial charge in [0.1, 0.15) is 23.0 Å². The molecule has 0 aliphatic carbocycles. The van der Waals surface area contributed by atoms with Crippen LogP contribution in [0.15, 0.2) is 40.9 Å². The summed E-state index contributed by atoms with van der Waals surface area (Å²) >= 11 is 0. The number of halogens is 4. The maximum atomic E-state index is 14.2. The first-order valence-corrected chi connectivity index (χ1v) is 7.60. The molecule has 4 N–H and O–H groups in total. The second-order valence-corrected chi connectivity index (χ2v) is 5.73. The van der Waals surface area contributed by atoms with Gasteiger partial charge in [-0.15, -0.1) is 0 Å². The smallest absolute Gasteiger partial charge is 0.216 e.